The van der Waals surface area contributed by atoms with E-state index in [1.807, 2.05) is 20.2 Å². The van der Waals surface area contributed by atoms with Gasteiger partial charge in [0.25, 0.3) is 5.56 Å². The lowest BCUT2D eigenvalue weighted by atomic mass is 10.00. The fourth-order valence-electron chi connectivity index (χ4n) is 4.63. The number of H-pyrrole nitrogens is 1. The molecule has 0 unspecified atom stereocenters. The predicted molar refractivity (Wildman–Crippen MR) is 135 cm³/mol. The molecule has 10 heteroatoms. The summed E-state index contributed by atoms with van der Waals surface area (Å²) < 4.78 is 36.0. The molecule has 35 heavy (non-hydrogen) atoms. The van der Waals surface area contributed by atoms with Crippen molar-refractivity contribution in [2.75, 3.05) is 26.3 Å². The van der Waals surface area contributed by atoms with Gasteiger partial charge < -0.3 is 19.4 Å². The summed E-state index contributed by atoms with van der Waals surface area (Å²) in [6.07, 6.45) is 5.65. The van der Waals surface area contributed by atoms with Crippen LogP contribution in [0.1, 0.15) is 45.1 Å². The van der Waals surface area contributed by atoms with Gasteiger partial charge >= 0.3 is 0 Å². The zero-order valence-electron chi connectivity index (χ0n) is 20.6. The molecule has 1 aliphatic rings. The molecule has 9 nitrogen and oxygen atoms in total. The van der Waals surface area contributed by atoms with Crippen molar-refractivity contribution in [2.45, 2.75) is 50.8 Å². The Hall–Kier alpha value is -2.69. The maximum Gasteiger partial charge on any atom is 0.275 e. The number of nitrogens with one attached hydrogen (secondary N) is 1. The van der Waals surface area contributed by atoms with Crippen LogP contribution < -0.4 is 10.3 Å². The van der Waals surface area contributed by atoms with Crippen molar-refractivity contribution in [3.05, 3.63) is 40.3 Å². The molecule has 0 amide bonds. The minimum atomic E-state index is -3.75. The molecule has 2 N–H and O–H groups in total. The number of hydrogen-bond donors (Lipinski definition) is 2. The zero-order valence-corrected chi connectivity index (χ0v) is 21.4. The van der Waals surface area contributed by atoms with Crippen LogP contribution in [-0.2, 0) is 23.5 Å². The van der Waals surface area contributed by atoms with Gasteiger partial charge in [0, 0.05) is 32.9 Å². The third kappa shape index (κ3) is 5.00. The Balaban J connectivity index is 1.82. The average Bonchev–Trinajstić information content (AvgIpc) is 3.18. The number of hydrogen-bond acceptors (Lipinski definition) is 6. The number of rotatable bonds is 9. The first-order valence-corrected chi connectivity index (χ1v) is 13.7. The minimum Gasteiger partial charge on any atom is -0.493 e. The van der Waals surface area contributed by atoms with Crippen LogP contribution in [0.5, 0.6) is 5.75 Å². The van der Waals surface area contributed by atoms with E-state index in [9.17, 15) is 18.3 Å². The second kappa shape index (κ2) is 10.5. The maximum absolute atomic E-state index is 13.4. The van der Waals surface area contributed by atoms with Gasteiger partial charge in [0.2, 0.25) is 10.0 Å². The smallest absolute Gasteiger partial charge is 0.275 e. The van der Waals surface area contributed by atoms with E-state index >= 15 is 0 Å². The monoisotopic (exact) mass is 502 g/mol. The van der Waals surface area contributed by atoms with Crippen LogP contribution in [0.25, 0.3) is 22.4 Å². The Bertz CT molecular complexity index is 1350. The molecule has 3 heterocycles. The number of aromatic amines is 1. The summed E-state index contributed by atoms with van der Waals surface area (Å²) >= 11 is 0. The molecule has 0 aliphatic carbocycles. The first-order valence-electron chi connectivity index (χ1n) is 12.3. The SMILES string of the molecule is CCCOc1ccc(S(=O)(=O)N2CCC(CO)CC2)cc1-c1nc2c(CCC)cn(C)c2c(=O)[nH]1. The van der Waals surface area contributed by atoms with Crippen molar-refractivity contribution < 1.29 is 18.3 Å². The molecule has 1 saturated heterocycles. The van der Waals surface area contributed by atoms with Crippen LogP contribution >= 0.6 is 0 Å². The Morgan fingerprint density at radius 1 is 1.20 bits per heavy atom. The molecular weight excluding hydrogens is 468 g/mol. The lowest BCUT2D eigenvalue weighted by Gasteiger charge is -2.30. The summed E-state index contributed by atoms with van der Waals surface area (Å²) in [6, 6.07) is 4.73. The topological polar surface area (TPSA) is 118 Å². The van der Waals surface area contributed by atoms with E-state index in [0.29, 0.717) is 54.9 Å². The van der Waals surface area contributed by atoms with Crippen LogP contribution in [0, 0.1) is 5.92 Å². The molecule has 2 aromatic heterocycles. The van der Waals surface area contributed by atoms with Gasteiger partial charge in [0.15, 0.2) is 0 Å². The summed E-state index contributed by atoms with van der Waals surface area (Å²) in [4.78, 5) is 20.8. The molecule has 3 aromatic rings. The largest absolute Gasteiger partial charge is 0.493 e. The molecule has 0 spiro atoms. The number of sulfonamides is 1. The molecule has 0 saturated carbocycles. The second-order valence-electron chi connectivity index (χ2n) is 9.16. The highest BCUT2D eigenvalue weighted by Gasteiger charge is 2.30. The van der Waals surface area contributed by atoms with Crippen molar-refractivity contribution in [3.63, 3.8) is 0 Å². The predicted octanol–water partition coefficient (Wildman–Crippen LogP) is 3.06. The summed E-state index contributed by atoms with van der Waals surface area (Å²) in [7, 11) is -1.93. The minimum absolute atomic E-state index is 0.0719. The Morgan fingerprint density at radius 3 is 2.60 bits per heavy atom. The van der Waals surface area contributed by atoms with Gasteiger partial charge in [-0.3, -0.25) is 4.79 Å². The number of aliphatic hydroxyl groups is 1. The van der Waals surface area contributed by atoms with Crippen molar-refractivity contribution in [1.82, 2.24) is 18.8 Å². The van der Waals surface area contributed by atoms with Gasteiger partial charge in [-0.05, 0) is 55.4 Å². The molecule has 190 valence electrons. The quantitative estimate of drug-likeness (QED) is 0.464. The molecule has 1 fully saturated rings. The molecule has 0 atom stereocenters. The van der Waals surface area contributed by atoms with Crippen LogP contribution in [-0.4, -0.2) is 58.7 Å². The van der Waals surface area contributed by atoms with Gasteiger partial charge in [-0.1, -0.05) is 20.3 Å². The van der Waals surface area contributed by atoms with Gasteiger partial charge in [-0.25, -0.2) is 13.4 Å². The molecule has 0 radical (unpaired) electrons. The fraction of sp³-hybridized carbons (Fsp3) is 0.520. The summed E-state index contributed by atoms with van der Waals surface area (Å²) in [5.74, 6) is 0.888. The maximum atomic E-state index is 13.4. The lowest BCUT2D eigenvalue weighted by molar-refractivity contribution is 0.170. The number of ether oxygens (including phenoxy) is 1. The third-order valence-corrected chi connectivity index (χ3v) is 8.45. The van der Waals surface area contributed by atoms with E-state index in [0.717, 1.165) is 24.8 Å². The highest BCUT2D eigenvalue weighted by atomic mass is 32.2. The van der Waals surface area contributed by atoms with Crippen LogP contribution in [0.3, 0.4) is 0 Å². The second-order valence-corrected chi connectivity index (χ2v) is 11.1. The number of fused-ring (bicyclic) bond motifs is 1. The highest BCUT2D eigenvalue weighted by Crippen LogP contribution is 2.33. The van der Waals surface area contributed by atoms with Gasteiger partial charge in [-0.2, -0.15) is 4.31 Å². The van der Waals surface area contributed by atoms with Crippen molar-refractivity contribution in [2.24, 2.45) is 13.0 Å². The van der Waals surface area contributed by atoms with Gasteiger partial charge in [0.1, 0.15) is 17.1 Å². The van der Waals surface area contributed by atoms with E-state index in [4.69, 9.17) is 9.72 Å². The van der Waals surface area contributed by atoms with Crippen LogP contribution in [0.4, 0.5) is 0 Å². The number of piperidine rings is 1. The first-order chi connectivity index (χ1) is 16.8. The number of aliphatic hydroxyl groups excluding tert-OH is 1. The zero-order chi connectivity index (χ0) is 25.2. The number of nitrogens with zero attached hydrogens (tertiary/aromatic N) is 3. The van der Waals surface area contributed by atoms with Gasteiger partial charge in [-0.15, -0.1) is 0 Å². The van der Waals surface area contributed by atoms with Crippen LogP contribution in [0.15, 0.2) is 34.1 Å². The van der Waals surface area contributed by atoms with E-state index in [-0.39, 0.29) is 28.8 Å². The fourth-order valence-corrected chi connectivity index (χ4v) is 6.13. The highest BCUT2D eigenvalue weighted by molar-refractivity contribution is 7.89. The first kappa shape index (κ1) is 25.4. The standard InChI is InChI=1S/C25H34N4O5S/c1-4-6-18-15-28(3)23-22(18)26-24(27-25(23)31)20-14-19(7-8-21(20)34-13-5-2)35(32,33)29-11-9-17(16-30)10-12-29/h7-8,14-15,17,30H,4-6,9-13,16H2,1-3H3,(H,26,27,31). The summed E-state index contributed by atoms with van der Waals surface area (Å²) in [5.41, 5.74) is 2.24. The van der Waals surface area contributed by atoms with Gasteiger partial charge in [0.05, 0.1) is 22.6 Å². The van der Waals surface area contributed by atoms with Crippen LogP contribution in [0.2, 0.25) is 0 Å². The van der Waals surface area contributed by atoms with E-state index in [1.54, 1.807) is 22.8 Å². The summed E-state index contributed by atoms with van der Waals surface area (Å²) in [5, 5.41) is 9.39. The van der Waals surface area contributed by atoms with Crippen molar-refractivity contribution in [1.29, 1.82) is 0 Å². The normalized spacial score (nSPS) is 15.7. The lowest BCUT2D eigenvalue weighted by Crippen LogP contribution is -2.39. The molecule has 1 aliphatic heterocycles. The number of benzene rings is 1. The van der Waals surface area contributed by atoms with E-state index in [1.165, 1.54) is 4.31 Å². The number of aromatic nitrogens is 3. The molecular formula is C25H34N4O5S. The molecule has 1 aromatic carbocycles. The van der Waals surface area contributed by atoms with Crippen molar-refractivity contribution >= 4 is 21.1 Å². The number of aryl methyl sites for hydroxylation is 2. The molecule has 4 rings (SSSR count). The van der Waals surface area contributed by atoms with Crippen molar-refractivity contribution in [3.8, 4) is 17.1 Å². The Kier molecular flexibility index (Phi) is 7.63. The molecule has 0 bridgehead atoms. The average molecular weight is 503 g/mol. The third-order valence-electron chi connectivity index (χ3n) is 6.56. The Labute approximate surface area is 205 Å². The van der Waals surface area contributed by atoms with E-state index in [2.05, 4.69) is 11.9 Å². The summed E-state index contributed by atoms with van der Waals surface area (Å²) in [6.45, 7) is 5.31. The Morgan fingerprint density at radius 2 is 1.94 bits per heavy atom. The van der Waals surface area contributed by atoms with E-state index < -0.39 is 10.0 Å².